The lowest BCUT2D eigenvalue weighted by molar-refractivity contribution is 0.282. The van der Waals surface area contributed by atoms with Gasteiger partial charge in [0, 0.05) is 12.6 Å². The van der Waals surface area contributed by atoms with E-state index >= 15 is 0 Å². The van der Waals surface area contributed by atoms with E-state index in [0.717, 1.165) is 18.0 Å². The zero-order valence-electron chi connectivity index (χ0n) is 12.2. The van der Waals surface area contributed by atoms with E-state index in [1.54, 1.807) is 7.11 Å². The predicted octanol–water partition coefficient (Wildman–Crippen LogP) is 1.76. The van der Waals surface area contributed by atoms with Gasteiger partial charge in [-0.1, -0.05) is 12.1 Å². The Morgan fingerprint density at radius 1 is 1.42 bits per heavy atom. The Morgan fingerprint density at radius 3 is 2.74 bits per heavy atom. The summed E-state index contributed by atoms with van der Waals surface area (Å²) in [6.45, 7) is 5.86. The fourth-order valence-electron chi connectivity index (χ4n) is 1.51. The first-order valence-electron chi connectivity index (χ1n) is 6.44. The second-order valence-corrected chi connectivity index (χ2v) is 4.67. The van der Waals surface area contributed by atoms with Crippen molar-refractivity contribution in [2.24, 2.45) is 10.7 Å². The zero-order chi connectivity index (χ0) is 14.3. The number of hydrogen-bond donors (Lipinski definition) is 2. The van der Waals surface area contributed by atoms with Crippen molar-refractivity contribution in [3.63, 3.8) is 0 Å². The summed E-state index contributed by atoms with van der Waals surface area (Å²) in [6.07, 6.45) is 0. The second kappa shape index (κ2) is 7.63. The molecule has 0 bridgehead atoms. The summed E-state index contributed by atoms with van der Waals surface area (Å²) in [6, 6.07) is 8.13. The molecular weight excluding hydrogens is 240 g/mol. The maximum Gasteiger partial charge on any atom is 0.193 e. The Balaban J connectivity index is 2.52. The highest BCUT2D eigenvalue weighted by atomic mass is 16.5. The molecule has 0 unspecified atom stereocenters. The minimum absolute atomic E-state index is 0.404. The number of benzene rings is 1. The van der Waals surface area contributed by atoms with Crippen LogP contribution < -0.4 is 15.8 Å². The Morgan fingerprint density at radius 2 is 2.11 bits per heavy atom. The molecule has 0 aliphatic rings. The highest BCUT2D eigenvalue weighted by Gasteiger charge is 2.03. The average molecular weight is 264 g/mol. The van der Waals surface area contributed by atoms with Gasteiger partial charge in [0.25, 0.3) is 0 Å². The number of nitrogens with two attached hydrogens (primary N) is 1. The molecule has 0 fully saturated rings. The Kier molecular flexibility index (Phi) is 6.15. The monoisotopic (exact) mass is 264 g/mol. The molecule has 0 amide bonds. The van der Waals surface area contributed by atoms with E-state index in [4.69, 9.17) is 10.5 Å². The van der Waals surface area contributed by atoms with Crippen molar-refractivity contribution in [1.82, 2.24) is 4.90 Å². The SMILES string of the molecule is COc1ccccc1NC(N)=NCCN(C)C(C)C. The molecule has 0 heterocycles. The molecule has 1 rings (SSSR count). The quantitative estimate of drug-likeness (QED) is 0.607. The fraction of sp³-hybridized carbons (Fsp3) is 0.500. The van der Waals surface area contributed by atoms with Crippen LogP contribution in [0.15, 0.2) is 29.3 Å². The highest BCUT2D eigenvalue weighted by molar-refractivity contribution is 5.93. The number of para-hydroxylation sites is 2. The molecule has 5 heteroatoms. The smallest absolute Gasteiger partial charge is 0.193 e. The molecule has 0 saturated carbocycles. The van der Waals surface area contributed by atoms with Crippen LogP contribution in [0, 0.1) is 0 Å². The third kappa shape index (κ3) is 5.18. The lowest BCUT2D eigenvalue weighted by Gasteiger charge is -2.19. The van der Waals surface area contributed by atoms with Crippen molar-refractivity contribution in [1.29, 1.82) is 0 Å². The fourth-order valence-corrected chi connectivity index (χ4v) is 1.51. The summed E-state index contributed by atoms with van der Waals surface area (Å²) < 4.78 is 5.24. The van der Waals surface area contributed by atoms with E-state index in [-0.39, 0.29) is 0 Å². The van der Waals surface area contributed by atoms with Gasteiger partial charge in [0.1, 0.15) is 5.75 Å². The highest BCUT2D eigenvalue weighted by Crippen LogP contribution is 2.22. The minimum Gasteiger partial charge on any atom is -0.495 e. The lowest BCUT2D eigenvalue weighted by atomic mass is 10.3. The van der Waals surface area contributed by atoms with Gasteiger partial charge in [-0.2, -0.15) is 0 Å². The summed E-state index contributed by atoms with van der Waals surface area (Å²) in [5.41, 5.74) is 6.68. The molecule has 19 heavy (non-hydrogen) atoms. The van der Waals surface area contributed by atoms with Crippen LogP contribution in [0.2, 0.25) is 0 Å². The molecule has 106 valence electrons. The number of rotatable bonds is 6. The van der Waals surface area contributed by atoms with Crippen molar-refractivity contribution < 1.29 is 4.74 Å². The molecular formula is C14H24N4O. The molecule has 5 nitrogen and oxygen atoms in total. The van der Waals surface area contributed by atoms with Gasteiger partial charge in [0.2, 0.25) is 0 Å². The lowest BCUT2D eigenvalue weighted by Crippen LogP contribution is -2.30. The molecule has 1 aromatic carbocycles. The van der Waals surface area contributed by atoms with E-state index in [9.17, 15) is 0 Å². The summed E-state index contributed by atoms with van der Waals surface area (Å²) in [5.74, 6) is 1.15. The van der Waals surface area contributed by atoms with Gasteiger partial charge in [0.15, 0.2) is 5.96 Å². The topological polar surface area (TPSA) is 62.9 Å². The number of ether oxygens (including phenoxy) is 1. The first kappa shape index (κ1) is 15.3. The van der Waals surface area contributed by atoms with E-state index in [0.29, 0.717) is 18.5 Å². The molecule has 1 aromatic rings. The van der Waals surface area contributed by atoms with Crippen LogP contribution in [0.5, 0.6) is 5.75 Å². The van der Waals surface area contributed by atoms with Crippen molar-refractivity contribution in [2.75, 3.05) is 32.6 Å². The summed E-state index contributed by atoms with van der Waals surface area (Å²) in [5, 5.41) is 3.05. The largest absolute Gasteiger partial charge is 0.495 e. The van der Waals surface area contributed by atoms with Gasteiger partial charge in [-0.3, -0.25) is 4.99 Å². The standard InChI is InChI=1S/C14H24N4O/c1-11(2)18(3)10-9-16-14(15)17-12-7-5-6-8-13(12)19-4/h5-8,11H,9-10H2,1-4H3,(H3,15,16,17). The van der Waals surface area contributed by atoms with Gasteiger partial charge in [-0.15, -0.1) is 0 Å². The van der Waals surface area contributed by atoms with Crippen molar-refractivity contribution in [2.45, 2.75) is 19.9 Å². The van der Waals surface area contributed by atoms with Crippen LogP contribution in [-0.2, 0) is 0 Å². The third-order valence-corrected chi connectivity index (χ3v) is 2.99. The van der Waals surface area contributed by atoms with Crippen LogP contribution in [0.3, 0.4) is 0 Å². The van der Waals surface area contributed by atoms with Crippen LogP contribution in [0.1, 0.15) is 13.8 Å². The van der Waals surface area contributed by atoms with Gasteiger partial charge in [-0.25, -0.2) is 0 Å². The number of anilines is 1. The number of guanidine groups is 1. The van der Waals surface area contributed by atoms with Crippen LogP contribution in [-0.4, -0.2) is 44.1 Å². The maximum absolute atomic E-state index is 5.86. The number of aliphatic imine (C=N–C) groups is 1. The average Bonchev–Trinajstić information content (AvgIpc) is 2.39. The Hall–Kier alpha value is -1.75. The first-order valence-corrected chi connectivity index (χ1v) is 6.44. The van der Waals surface area contributed by atoms with Gasteiger partial charge in [-0.05, 0) is 33.0 Å². The van der Waals surface area contributed by atoms with Crippen molar-refractivity contribution >= 4 is 11.6 Å². The zero-order valence-corrected chi connectivity index (χ0v) is 12.2. The Labute approximate surface area is 115 Å². The normalized spacial score (nSPS) is 12.0. The van der Waals surface area contributed by atoms with E-state index < -0.39 is 0 Å². The molecule has 0 aromatic heterocycles. The second-order valence-electron chi connectivity index (χ2n) is 4.67. The molecule has 0 saturated heterocycles. The van der Waals surface area contributed by atoms with Crippen LogP contribution in [0.25, 0.3) is 0 Å². The number of likely N-dealkylation sites (N-methyl/N-ethyl adjacent to an activating group) is 1. The summed E-state index contributed by atoms with van der Waals surface area (Å²) >= 11 is 0. The van der Waals surface area contributed by atoms with E-state index in [1.807, 2.05) is 24.3 Å². The minimum atomic E-state index is 0.404. The molecule has 0 atom stereocenters. The molecule has 0 aliphatic heterocycles. The van der Waals surface area contributed by atoms with Crippen molar-refractivity contribution in [3.05, 3.63) is 24.3 Å². The van der Waals surface area contributed by atoms with Crippen LogP contribution >= 0.6 is 0 Å². The molecule has 0 aliphatic carbocycles. The third-order valence-electron chi connectivity index (χ3n) is 2.99. The van der Waals surface area contributed by atoms with Crippen LogP contribution in [0.4, 0.5) is 5.69 Å². The maximum atomic E-state index is 5.86. The van der Waals surface area contributed by atoms with E-state index in [2.05, 4.69) is 36.1 Å². The van der Waals surface area contributed by atoms with Gasteiger partial charge >= 0.3 is 0 Å². The number of methoxy groups -OCH3 is 1. The molecule has 0 radical (unpaired) electrons. The molecule has 0 spiro atoms. The first-order chi connectivity index (χ1) is 9.04. The summed E-state index contributed by atoms with van der Waals surface area (Å²) in [4.78, 5) is 6.53. The Bertz CT molecular complexity index is 418. The predicted molar refractivity (Wildman–Crippen MR) is 80.9 cm³/mol. The number of hydrogen-bond acceptors (Lipinski definition) is 3. The summed E-state index contributed by atoms with van der Waals surface area (Å²) in [7, 11) is 3.70. The molecule has 3 N–H and O–H groups in total. The van der Waals surface area contributed by atoms with E-state index in [1.165, 1.54) is 0 Å². The van der Waals surface area contributed by atoms with Gasteiger partial charge in [0.05, 0.1) is 19.3 Å². The number of nitrogens with zero attached hydrogens (tertiary/aromatic N) is 2. The number of nitrogens with one attached hydrogen (secondary N) is 1. The van der Waals surface area contributed by atoms with Gasteiger partial charge < -0.3 is 20.7 Å². The van der Waals surface area contributed by atoms with Crippen molar-refractivity contribution in [3.8, 4) is 5.75 Å².